The van der Waals surface area contributed by atoms with Crippen molar-refractivity contribution in [3.63, 3.8) is 0 Å². The molecule has 1 aromatic carbocycles. The molecule has 2 aromatic heterocycles. The molecular formula is C22H25N3O4. The molecule has 1 aliphatic heterocycles. The maximum atomic E-state index is 12.5. The highest BCUT2D eigenvalue weighted by atomic mass is 16.5. The van der Waals surface area contributed by atoms with E-state index in [1.807, 2.05) is 26.0 Å². The first-order valence-electron chi connectivity index (χ1n) is 9.95. The number of furan rings is 1. The van der Waals surface area contributed by atoms with E-state index in [0.717, 1.165) is 34.9 Å². The first-order chi connectivity index (χ1) is 14.2. The van der Waals surface area contributed by atoms with Gasteiger partial charge in [0.05, 0.1) is 25.2 Å². The summed E-state index contributed by atoms with van der Waals surface area (Å²) in [5, 5.41) is 0. The Labute approximate surface area is 169 Å². The van der Waals surface area contributed by atoms with Crippen molar-refractivity contribution in [1.29, 1.82) is 0 Å². The fraction of sp³-hybridized carbons (Fsp3) is 0.364. The lowest BCUT2D eigenvalue weighted by atomic mass is 10.0. The van der Waals surface area contributed by atoms with E-state index < -0.39 is 0 Å². The van der Waals surface area contributed by atoms with E-state index in [1.54, 1.807) is 18.4 Å². The minimum absolute atomic E-state index is 0.0885. The fourth-order valence-electron chi connectivity index (χ4n) is 3.66. The molecule has 1 N–H and O–H groups in total. The molecular weight excluding hydrogens is 370 g/mol. The van der Waals surface area contributed by atoms with E-state index >= 15 is 0 Å². The number of benzene rings is 1. The molecule has 0 aliphatic carbocycles. The largest absolute Gasteiger partial charge is 0.490 e. The summed E-state index contributed by atoms with van der Waals surface area (Å²) in [6, 6.07) is 9.54. The van der Waals surface area contributed by atoms with Crippen molar-refractivity contribution in [1.82, 2.24) is 14.9 Å². The molecule has 7 nitrogen and oxygen atoms in total. The van der Waals surface area contributed by atoms with Gasteiger partial charge in [-0.05, 0) is 38.5 Å². The van der Waals surface area contributed by atoms with E-state index in [4.69, 9.17) is 13.9 Å². The summed E-state index contributed by atoms with van der Waals surface area (Å²) in [7, 11) is 0. The van der Waals surface area contributed by atoms with Gasteiger partial charge in [-0.1, -0.05) is 12.1 Å². The SMILES string of the molecule is CCOc1cccc(CN2CCc3c(nc(-c4ccco4)[nH]c3=O)C2)c1OCC. The predicted octanol–water partition coefficient (Wildman–Crippen LogP) is 3.39. The van der Waals surface area contributed by atoms with Crippen LogP contribution in [0.15, 0.2) is 45.8 Å². The lowest BCUT2D eigenvalue weighted by Gasteiger charge is -2.28. The number of hydrogen-bond acceptors (Lipinski definition) is 6. The second-order valence-corrected chi connectivity index (χ2v) is 6.89. The number of para-hydroxylation sites is 1. The number of aromatic amines is 1. The van der Waals surface area contributed by atoms with Crippen molar-refractivity contribution in [2.45, 2.75) is 33.4 Å². The highest BCUT2D eigenvalue weighted by Gasteiger charge is 2.23. The lowest BCUT2D eigenvalue weighted by molar-refractivity contribution is 0.231. The van der Waals surface area contributed by atoms with Crippen LogP contribution in [0.1, 0.15) is 30.7 Å². The van der Waals surface area contributed by atoms with Gasteiger partial charge in [-0.3, -0.25) is 9.69 Å². The zero-order valence-electron chi connectivity index (χ0n) is 16.7. The lowest BCUT2D eigenvalue weighted by Crippen LogP contribution is -2.35. The zero-order chi connectivity index (χ0) is 20.2. The minimum Gasteiger partial charge on any atom is -0.490 e. The van der Waals surface area contributed by atoms with Crippen LogP contribution in [-0.4, -0.2) is 34.6 Å². The van der Waals surface area contributed by atoms with Crippen LogP contribution >= 0.6 is 0 Å². The Balaban J connectivity index is 1.59. The first-order valence-corrected chi connectivity index (χ1v) is 9.95. The average Bonchev–Trinajstić information content (AvgIpc) is 3.25. The van der Waals surface area contributed by atoms with Gasteiger partial charge in [-0.15, -0.1) is 0 Å². The maximum absolute atomic E-state index is 12.5. The van der Waals surface area contributed by atoms with Crippen molar-refractivity contribution < 1.29 is 13.9 Å². The number of ether oxygens (including phenoxy) is 2. The van der Waals surface area contributed by atoms with Crippen LogP contribution in [0.25, 0.3) is 11.6 Å². The molecule has 0 spiro atoms. The summed E-state index contributed by atoms with van der Waals surface area (Å²) in [5.74, 6) is 2.58. The second-order valence-electron chi connectivity index (χ2n) is 6.89. The second kappa shape index (κ2) is 8.53. The van der Waals surface area contributed by atoms with Crippen molar-refractivity contribution in [2.24, 2.45) is 0 Å². The zero-order valence-corrected chi connectivity index (χ0v) is 16.7. The Kier molecular flexibility index (Phi) is 5.67. The maximum Gasteiger partial charge on any atom is 0.254 e. The van der Waals surface area contributed by atoms with Gasteiger partial charge < -0.3 is 18.9 Å². The highest BCUT2D eigenvalue weighted by molar-refractivity contribution is 5.48. The van der Waals surface area contributed by atoms with Crippen molar-refractivity contribution >= 4 is 0 Å². The molecule has 0 amide bonds. The van der Waals surface area contributed by atoms with Gasteiger partial charge in [0, 0.05) is 30.8 Å². The molecule has 0 bridgehead atoms. The number of aromatic nitrogens is 2. The van der Waals surface area contributed by atoms with Gasteiger partial charge in [-0.25, -0.2) is 4.98 Å². The summed E-state index contributed by atoms with van der Waals surface area (Å²) < 4.78 is 17.0. The predicted molar refractivity (Wildman–Crippen MR) is 109 cm³/mol. The van der Waals surface area contributed by atoms with E-state index in [-0.39, 0.29) is 5.56 Å². The van der Waals surface area contributed by atoms with E-state index in [2.05, 4.69) is 20.9 Å². The Morgan fingerprint density at radius 3 is 2.79 bits per heavy atom. The number of rotatable bonds is 7. The number of fused-ring (bicyclic) bond motifs is 1. The van der Waals surface area contributed by atoms with Crippen LogP contribution < -0.4 is 15.0 Å². The van der Waals surface area contributed by atoms with Gasteiger partial charge in [0.25, 0.3) is 5.56 Å². The summed E-state index contributed by atoms with van der Waals surface area (Å²) in [6.45, 7) is 7.16. The molecule has 0 saturated carbocycles. The van der Waals surface area contributed by atoms with Gasteiger partial charge in [0.1, 0.15) is 0 Å². The fourth-order valence-corrected chi connectivity index (χ4v) is 3.66. The van der Waals surface area contributed by atoms with Crippen LogP contribution in [0.2, 0.25) is 0 Å². The first kappa shape index (κ1) is 19.3. The normalized spacial score (nSPS) is 13.9. The molecule has 7 heteroatoms. The van der Waals surface area contributed by atoms with Crippen molar-refractivity contribution in [3.8, 4) is 23.1 Å². The van der Waals surface area contributed by atoms with E-state index in [9.17, 15) is 4.79 Å². The molecule has 3 heterocycles. The minimum atomic E-state index is -0.0885. The molecule has 3 aromatic rings. The van der Waals surface area contributed by atoms with Gasteiger partial charge >= 0.3 is 0 Å². The number of nitrogens with one attached hydrogen (secondary N) is 1. The Bertz CT molecular complexity index is 1030. The smallest absolute Gasteiger partial charge is 0.254 e. The third-order valence-electron chi connectivity index (χ3n) is 4.95. The summed E-state index contributed by atoms with van der Waals surface area (Å²) in [4.78, 5) is 22.3. The third-order valence-corrected chi connectivity index (χ3v) is 4.95. The Morgan fingerprint density at radius 1 is 1.17 bits per heavy atom. The Morgan fingerprint density at radius 2 is 2.03 bits per heavy atom. The summed E-state index contributed by atoms with van der Waals surface area (Å²) in [6.07, 6.45) is 2.23. The molecule has 0 radical (unpaired) electrons. The number of hydrogen-bond donors (Lipinski definition) is 1. The average molecular weight is 395 g/mol. The van der Waals surface area contributed by atoms with Gasteiger partial charge in [0.15, 0.2) is 23.1 Å². The topological polar surface area (TPSA) is 80.6 Å². The van der Waals surface area contributed by atoms with Crippen LogP contribution in [0.3, 0.4) is 0 Å². The number of nitrogens with zero attached hydrogens (tertiary/aromatic N) is 2. The number of H-pyrrole nitrogens is 1. The molecule has 0 unspecified atom stereocenters. The monoisotopic (exact) mass is 395 g/mol. The quantitative estimate of drug-likeness (QED) is 0.661. The van der Waals surface area contributed by atoms with Crippen LogP contribution in [0.4, 0.5) is 0 Å². The summed E-state index contributed by atoms with van der Waals surface area (Å²) >= 11 is 0. The molecule has 1 aliphatic rings. The third kappa shape index (κ3) is 4.05. The van der Waals surface area contributed by atoms with Crippen LogP contribution in [0.5, 0.6) is 11.5 Å². The van der Waals surface area contributed by atoms with E-state index in [0.29, 0.717) is 44.3 Å². The van der Waals surface area contributed by atoms with E-state index in [1.165, 1.54) is 0 Å². The van der Waals surface area contributed by atoms with Crippen LogP contribution in [-0.2, 0) is 19.5 Å². The molecule has 4 rings (SSSR count). The van der Waals surface area contributed by atoms with Crippen molar-refractivity contribution in [2.75, 3.05) is 19.8 Å². The molecule has 29 heavy (non-hydrogen) atoms. The molecule has 0 saturated heterocycles. The van der Waals surface area contributed by atoms with Crippen LogP contribution in [0, 0.1) is 0 Å². The standard InChI is InChI=1S/C22H25N3O4/c1-3-27-18-8-5-7-15(20(18)28-4-2)13-25-11-10-16-17(14-25)23-21(24-22(16)26)19-9-6-12-29-19/h5-9,12H,3-4,10-11,13-14H2,1-2H3,(H,23,24,26). The van der Waals surface area contributed by atoms with Gasteiger partial charge in [0.2, 0.25) is 0 Å². The van der Waals surface area contributed by atoms with Gasteiger partial charge in [-0.2, -0.15) is 0 Å². The van der Waals surface area contributed by atoms with Crippen molar-refractivity contribution in [3.05, 3.63) is 63.8 Å². The molecule has 152 valence electrons. The highest BCUT2D eigenvalue weighted by Crippen LogP contribution is 2.33. The summed E-state index contributed by atoms with van der Waals surface area (Å²) in [5.41, 5.74) is 2.53. The Hall–Kier alpha value is -3.06. The molecule has 0 fully saturated rings. The molecule has 0 atom stereocenters.